The number of esters is 2. The number of fused-ring (bicyclic) bond motifs is 2. The summed E-state index contributed by atoms with van der Waals surface area (Å²) in [7, 11) is 2.80. The molecule has 0 spiro atoms. The van der Waals surface area contributed by atoms with E-state index in [1.165, 1.54) is 27.1 Å². The Morgan fingerprint density at radius 2 is 1.64 bits per heavy atom. The molecule has 0 aliphatic carbocycles. The lowest BCUT2D eigenvalue weighted by atomic mass is 9.79. The lowest BCUT2D eigenvalue weighted by Gasteiger charge is -2.30. The monoisotopic (exact) mass is 310 g/mol. The number of nitrogens with zero attached hydrogens (tertiary/aromatic N) is 1. The summed E-state index contributed by atoms with van der Waals surface area (Å²) in [6.07, 6.45) is 4.36. The van der Waals surface area contributed by atoms with E-state index in [9.17, 15) is 9.59 Å². The normalized spacial score (nSPS) is 38.0. The van der Waals surface area contributed by atoms with Gasteiger partial charge in [-0.3, -0.25) is 14.5 Å². The fourth-order valence-corrected chi connectivity index (χ4v) is 4.70. The minimum Gasteiger partial charge on any atom is -0.469 e. The second-order valence-corrected chi connectivity index (χ2v) is 6.72. The van der Waals surface area contributed by atoms with Crippen LogP contribution < -0.4 is 5.32 Å². The molecule has 0 amide bonds. The molecule has 3 fully saturated rings. The van der Waals surface area contributed by atoms with Crippen LogP contribution in [0.4, 0.5) is 0 Å². The zero-order valence-corrected chi connectivity index (χ0v) is 13.4. The van der Waals surface area contributed by atoms with E-state index in [0.29, 0.717) is 5.92 Å². The van der Waals surface area contributed by atoms with Crippen molar-refractivity contribution in [2.75, 3.05) is 33.9 Å². The van der Waals surface area contributed by atoms with Gasteiger partial charge in [0.1, 0.15) is 0 Å². The predicted molar refractivity (Wildman–Crippen MR) is 80.1 cm³/mol. The first-order valence-corrected chi connectivity index (χ1v) is 8.29. The molecule has 5 atom stereocenters. The van der Waals surface area contributed by atoms with Gasteiger partial charge in [-0.05, 0) is 44.7 Å². The Hall–Kier alpha value is -1.14. The Bertz CT molecular complexity index is 406. The van der Waals surface area contributed by atoms with Crippen LogP contribution in [0.1, 0.15) is 25.7 Å². The molecule has 0 aromatic rings. The number of rotatable bonds is 4. The molecule has 6 heteroatoms. The Kier molecular flexibility index (Phi) is 4.68. The zero-order valence-electron chi connectivity index (χ0n) is 13.4. The molecule has 1 N–H and O–H groups in total. The highest BCUT2D eigenvalue weighted by Crippen LogP contribution is 2.47. The standard InChI is InChI=1S/C16H26N2O4/c1-21-15(19)13-11-5-6-12(14(13)16(20)22-2)18(11)9-10-4-3-7-17-8-10/h10-14,17H,3-9H2,1-2H3. The third-order valence-electron chi connectivity index (χ3n) is 5.64. The number of methoxy groups -OCH3 is 2. The van der Waals surface area contributed by atoms with E-state index in [0.717, 1.165) is 32.5 Å². The van der Waals surface area contributed by atoms with Gasteiger partial charge in [0, 0.05) is 18.6 Å². The van der Waals surface area contributed by atoms with Gasteiger partial charge in [-0.1, -0.05) is 0 Å². The highest BCUT2D eigenvalue weighted by Gasteiger charge is 2.59. The first-order valence-electron chi connectivity index (χ1n) is 8.29. The molecule has 2 bridgehead atoms. The minimum atomic E-state index is -0.368. The van der Waals surface area contributed by atoms with E-state index in [1.54, 1.807) is 0 Å². The highest BCUT2D eigenvalue weighted by atomic mass is 16.5. The van der Waals surface area contributed by atoms with Crippen molar-refractivity contribution in [1.29, 1.82) is 0 Å². The van der Waals surface area contributed by atoms with Gasteiger partial charge in [0.25, 0.3) is 0 Å². The molecule has 5 unspecified atom stereocenters. The number of hydrogen-bond acceptors (Lipinski definition) is 6. The molecule has 0 saturated carbocycles. The van der Waals surface area contributed by atoms with Gasteiger partial charge < -0.3 is 14.8 Å². The molecule has 3 aliphatic heterocycles. The zero-order chi connectivity index (χ0) is 15.7. The van der Waals surface area contributed by atoms with Crippen LogP contribution in [0.5, 0.6) is 0 Å². The van der Waals surface area contributed by atoms with Gasteiger partial charge in [-0.25, -0.2) is 0 Å². The molecule has 0 radical (unpaired) electrons. The van der Waals surface area contributed by atoms with E-state index >= 15 is 0 Å². The summed E-state index contributed by atoms with van der Waals surface area (Å²) in [5.74, 6) is -0.671. The van der Waals surface area contributed by atoms with Crippen molar-refractivity contribution in [2.24, 2.45) is 17.8 Å². The lowest BCUT2D eigenvalue weighted by molar-refractivity contribution is -0.157. The fraction of sp³-hybridized carbons (Fsp3) is 0.875. The van der Waals surface area contributed by atoms with Crippen LogP contribution in [-0.2, 0) is 19.1 Å². The number of ether oxygens (including phenoxy) is 2. The van der Waals surface area contributed by atoms with Crippen molar-refractivity contribution in [3.63, 3.8) is 0 Å². The van der Waals surface area contributed by atoms with Gasteiger partial charge in [-0.2, -0.15) is 0 Å². The maximum Gasteiger partial charge on any atom is 0.311 e. The molecule has 0 aromatic carbocycles. The van der Waals surface area contributed by atoms with E-state index in [1.807, 2.05) is 0 Å². The number of hydrogen-bond donors (Lipinski definition) is 1. The topological polar surface area (TPSA) is 67.9 Å². The smallest absolute Gasteiger partial charge is 0.311 e. The number of piperidine rings is 1. The Labute approximate surface area is 131 Å². The van der Waals surface area contributed by atoms with Crippen LogP contribution in [0, 0.1) is 17.8 Å². The molecular weight excluding hydrogens is 284 g/mol. The molecule has 22 heavy (non-hydrogen) atoms. The van der Waals surface area contributed by atoms with Crippen molar-refractivity contribution in [2.45, 2.75) is 37.8 Å². The van der Waals surface area contributed by atoms with Crippen LogP contribution in [0.2, 0.25) is 0 Å². The lowest BCUT2D eigenvalue weighted by Crippen LogP contribution is -2.41. The van der Waals surface area contributed by atoms with Crippen LogP contribution in [0.15, 0.2) is 0 Å². The molecule has 0 aromatic heterocycles. The molecule has 6 nitrogen and oxygen atoms in total. The van der Waals surface area contributed by atoms with Crippen molar-refractivity contribution in [1.82, 2.24) is 10.2 Å². The van der Waals surface area contributed by atoms with Gasteiger partial charge in [0.05, 0.1) is 26.1 Å². The molecular formula is C16H26N2O4. The molecule has 124 valence electrons. The van der Waals surface area contributed by atoms with Crippen molar-refractivity contribution in [3.05, 3.63) is 0 Å². The van der Waals surface area contributed by atoms with Gasteiger partial charge >= 0.3 is 11.9 Å². The highest BCUT2D eigenvalue weighted by molar-refractivity contribution is 5.84. The summed E-state index contributed by atoms with van der Waals surface area (Å²) in [6, 6.07) is 0.256. The van der Waals surface area contributed by atoms with E-state index in [-0.39, 0.29) is 35.9 Å². The number of carbonyl (C=O) groups excluding carboxylic acids is 2. The summed E-state index contributed by atoms with van der Waals surface area (Å²) in [5.41, 5.74) is 0. The van der Waals surface area contributed by atoms with Crippen LogP contribution >= 0.6 is 0 Å². The van der Waals surface area contributed by atoms with E-state index < -0.39 is 0 Å². The second kappa shape index (κ2) is 6.54. The molecule has 3 heterocycles. The van der Waals surface area contributed by atoms with E-state index in [2.05, 4.69) is 10.2 Å². The van der Waals surface area contributed by atoms with Crippen LogP contribution in [0.25, 0.3) is 0 Å². The SMILES string of the molecule is COC(=O)C1C(C(=O)OC)C2CCC1N2CC1CCCNC1. The van der Waals surface area contributed by atoms with Crippen LogP contribution in [-0.4, -0.2) is 62.8 Å². The van der Waals surface area contributed by atoms with Crippen LogP contribution in [0.3, 0.4) is 0 Å². The minimum absolute atomic E-state index is 0.128. The molecule has 3 rings (SSSR count). The Morgan fingerprint density at radius 1 is 1.05 bits per heavy atom. The summed E-state index contributed by atoms with van der Waals surface area (Å²) in [5, 5.41) is 3.44. The summed E-state index contributed by atoms with van der Waals surface area (Å²) in [6.45, 7) is 3.09. The van der Waals surface area contributed by atoms with Crippen molar-refractivity contribution in [3.8, 4) is 0 Å². The molecule has 3 saturated heterocycles. The quantitative estimate of drug-likeness (QED) is 0.759. The second-order valence-electron chi connectivity index (χ2n) is 6.72. The maximum atomic E-state index is 12.2. The number of nitrogens with one attached hydrogen (secondary N) is 1. The predicted octanol–water partition coefficient (Wildman–Crippen LogP) is 0.411. The first-order chi connectivity index (χ1) is 10.7. The third kappa shape index (κ3) is 2.63. The largest absolute Gasteiger partial charge is 0.469 e. The third-order valence-corrected chi connectivity index (χ3v) is 5.64. The first kappa shape index (κ1) is 15.7. The maximum absolute atomic E-state index is 12.2. The van der Waals surface area contributed by atoms with Gasteiger partial charge in [0.2, 0.25) is 0 Å². The summed E-state index contributed by atoms with van der Waals surface area (Å²) < 4.78 is 9.93. The van der Waals surface area contributed by atoms with Gasteiger partial charge in [0.15, 0.2) is 0 Å². The summed E-state index contributed by atoms with van der Waals surface area (Å²) in [4.78, 5) is 26.8. The Morgan fingerprint density at radius 3 is 2.09 bits per heavy atom. The molecule has 3 aliphatic rings. The fourth-order valence-electron chi connectivity index (χ4n) is 4.70. The number of carbonyl (C=O) groups is 2. The van der Waals surface area contributed by atoms with E-state index in [4.69, 9.17) is 9.47 Å². The van der Waals surface area contributed by atoms with Gasteiger partial charge in [-0.15, -0.1) is 0 Å². The summed E-state index contributed by atoms with van der Waals surface area (Å²) >= 11 is 0. The average molecular weight is 310 g/mol. The van der Waals surface area contributed by atoms with Crippen molar-refractivity contribution >= 4 is 11.9 Å². The van der Waals surface area contributed by atoms with Crippen molar-refractivity contribution < 1.29 is 19.1 Å². The average Bonchev–Trinajstić information content (AvgIpc) is 3.09. The Balaban J connectivity index is 1.77.